The third-order valence-corrected chi connectivity index (χ3v) is 2.31. The largest absolute Gasteiger partial charge is 0.0811 e. The van der Waals surface area contributed by atoms with Crippen molar-refractivity contribution in [3.05, 3.63) is 23.8 Å². The van der Waals surface area contributed by atoms with Gasteiger partial charge in [0.15, 0.2) is 0 Å². The number of rotatable bonds is 0. The van der Waals surface area contributed by atoms with Crippen molar-refractivity contribution in [2.45, 2.75) is 25.7 Å². The molecule has 2 bridgehead atoms. The van der Waals surface area contributed by atoms with E-state index in [-0.39, 0.29) is 0 Å². The minimum atomic E-state index is 0.902. The molecule has 0 radical (unpaired) electrons. The summed E-state index contributed by atoms with van der Waals surface area (Å²) in [4.78, 5) is 0. The molecule has 1 fully saturated rings. The number of hydrogen-bond donors (Lipinski definition) is 0. The van der Waals surface area contributed by atoms with Crippen molar-refractivity contribution in [3.8, 4) is 0 Å². The van der Waals surface area contributed by atoms with Crippen molar-refractivity contribution in [2.75, 3.05) is 0 Å². The number of fused-ring (bicyclic) bond motifs is 2. The molecular weight excluding hydrogens is 108 g/mol. The van der Waals surface area contributed by atoms with Crippen molar-refractivity contribution < 1.29 is 0 Å². The van der Waals surface area contributed by atoms with Gasteiger partial charge < -0.3 is 0 Å². The molecular formula is C9H12. The second-order valence-corrected chi connectivity index (χ2v) is 3.07. The molecule has 1 atom stereocenters. The van der Waals surface area contributed by atoms with Crippen molar-refractivity contribution in [1.82, 2.24) is 0 Å². The maximum absolute atomic E-state index is 2.35. The fourth-order valence-corrected chi connectivity index (χ4v) is 1.80. The van der Waals surface area contributed by atoms with Crippen LogP contribution in [0.25, 0.3) is 0 Å². The van der Waals surface area contributed by atoms with E-state index in [1.54, 1.807) is 5.57 Å². The number of allylic oxidation sites excluding steroid dienone is 4. The first kappa shape index (κ1) is 5.28. The lowest BCUT2D eigenvalue weighted by atomic mass is 9.82. The Balaban J connectivity index is 2.22. The fourth-order valence-electron chi connectivity index (χ4n) is 1.80. The molecule has 0 N–H and O–H groups in total. The Morgan fingerprint density at radius 3 is 3.22 bits per heavy atom. The first-order chi connectivity index (χ1) is 4.45. The Bertz CT molecular complexity index is 163. The molecule has 0 heteroatoms. The summed E-state index contributed by atoms with van der Waals surface area (Å²) in [6.45, 7) is 0. The van der Waals surface area contributed by atoms with Crippen LogP contribution in [0.2, 0.25) is 0 Å². The summed E-state index contributed by atoms with van der Waals surface area (Å²) in [6, 6.07) is 0. The van der Waals surface area contributed by atoms with Crippen LogP contribution in [0.15, 0.2) is 23.8 Å². The van der Waals surface area contributed by atoms with Crippen molar-refractivity contribution in [1.29, 1.82) is 0 Å². The molecule has 2 aliphatic carbocycles. The van der Waals surface area contributed by atoms with Gasteiger partial charge in [0, 0.05) is 0 Å². The van der Waals surface area contributed by atoms with Gasteiger partial charge in [-0.2, -0.15) is 0 Å². The maximum Gasteiger partial charge on any atom is -0.0193 e. The van der Waals surface area contributed by atoms with Crippen LogP contribution >= 0.6 is 0 Å². The summed E-state index contributed by atoms with van der Waals surface area (Å²) >= 11 is 0. The third kappa shape index (κ3) is 0.937. The molecule has 0 heterocycles. The van der Waals surface area contributed by atoms with E-state index in [1.807, 2.05) is 0 Å². The normalized spacial score (nSPS) is 32.0. The summed E-state index contributed by atoms with van der Waals surface area (Å²) in [6.07, 6.45) is 12.4. The van der Waals surface area contributed by atoms with E-state index in [4.69, 9.17) is 0 Å². The second kappa shape index (κ2) is 2.02. The van der Waals surface area contributed by atoms with Crippen molar-refractivity contribution in [2.24, 2.45) is 5.92 Å². The predicted octanol–water partition coefficient (Wildman–Crippen LogP) is 2.67. The molecule has 2 aliphatic rings. The van der Waals surface area contributed by atoms with E-state index in [1.165, 1.54) is 25.7 Å². The zero-order valence-electron chi connectivity index (χ0n) is 5.64. The molecule has 48 valence electrons. The average molecular weight is 120 g/mol. The van der Waals surface area contributed by atoms with Gasteiger partial charge in [0.05, 0.1) is 0 Å². The van der Waals surface area contributed by atoms with Gasteiger partial charge in [-0.15, -0.1) is 0 Å². The lowest BCUT2D eigenvalue weighted by Gasteiger charge is -2.23. The molecule has 0 aromatic rings. The monoisotopic (exact) mass is 120 g/mol. The fraction of sp³-hybridized carbons (Fsp3) is 0.556. The van der Waals surface area contributed by atoms with E-state index in [9.17, 15) is 0 Å². The molecule has 2 rings (SSSR count). The second-order valence-electron chi connectivity index (χ2n) is 3.07. The third-order valence-electron chi connectivity index (χ3n) is 2.31. The maximum atomic E-state index is 2.35. The smallest absolute Gasteiger partial charge is 0.0193 e. The van der Waals surface area contributed by atoms with Gasteiger partial charge in [0.1, 0.15) is 0 Å². The van der Waals surface area contributed by atoms with E-state index in [0.717, 1.165) is 5.92 Å². The lowest BCUT2D eigenvalue weighted by molar-refractivity contribution is 0.489. The van der Waals surface area contributed by atoms with Gasteiger partial charge in [-0.1, -0.05) is 23.8 Å². The van der Waals surface area contributed by atoms with Gasteiger partial charge in [0.2, 0.25) is 0 Å². The minimum absolute atomic E-state index is 0.902. The molecule has 0 aromatic carbocycles. The summed E-state index contributed by atoms with van der Waals surface area (Å²) in [5, 5.41) is 0. The van der Waals surface area contributed by atoms with E-state index in [2.05, 4.69) is 18.2 Å². The van der Waals surface area contributed by atoms with Crippen LogP contribution in [0.1, 0.15) is 25.7 Å². The molecule has 0 amide bonds. The number of hydrogen-bond acceptors (Lipinski definition) is 0. The standard InChI is InChI=1S/C9H12/c1-3-8-5-2-6-9(4-1)7-8/h1,3-4,8H,2,5-7H2. The highest BCUT2D eigenvalue weighted by atomic mass is 14.2. The molecule has 0 aliphatic heterocycles. The van der Waals surface area contributed by atoms with Crippen molar-refractivity contribution in [3.63, 3.8) is 0 Å². The highest BCUT2D eigenvalue weighted by Gasteiger charge is 2.15. The van der Waals surface area contributed by atoms with Crippen LogP contribution in [0.5, 0.6) is 0 Å². The molecule has 1 saturated carbocycles. The van der Waals surface area contributed by atoms with E-state index in [0.29, 0.717) is 0 Å². The quantitative estimate of drug-likeness (QED) is 0.461. The van der Waals surface area contributed by atoms with Crippen LogP contribution in [0.4, 0.5) is 0 Å². The highest BCUT2D eigenvalue weighted by molar-refractivity contribution is 5.21. The molecule has 0 nitrogen and oxygen atoms in total. The van der Waals surface area contributed by atoms with Crippen molar-refractivity contribution >= 4 is 0 Å². The summed E-state index contributed by atoms with van der Waals surface area (Å²) in [7, 11) is 0. The predicted molar refractivity (Wildman–Crippen MR) is 39.2 cm³/mol. The first-order valence-corrected chi connectivity index (χ1v) is 3.81. The van der Waals surface area contributed by atoms with Gasteiger partial charge >= 0.3 is 0 Å². The van der Waals surface area contributed by atoms with E-state index < -0.39 is 0 Å². The highest BCUT2D eigenvalue weighted by Crippen LogP contribution is 2.31. The van der Waals surface area contributed by atoms with Crippen LogP contribution in [-0.4, -0.2) is 0 Å². The van der Waals surface area contributed by atoms with Crippen LogP contribution in [0, 0.1) is 5.92 Å². The van der Waals surface area contributed by atoms with E-state index >= 15 is 0 Å². The van der Waals surface area contributed by atoms with Crippen LogP contribution in [0.3, 0.4) is 0 Å². The Labute approximate surface area is 56.3 Å². The van der Waals surface area contributed by atoms with Gasteiger partial charge in [-0.05, 0) is 31.6 Å². The first-order valence-electron chi connectivity index (χ1n) is 3.81. The van der Waals surface area contributed by atoms with Gasteiger partial charge in [-0.3, -0.25) is 0 Å². The van der Waals surface area contributed by atoms with Crippen LogP contribution in [-0.2, 0) is 0 Å². The van der Waals surface area contributed by atoms with Crippen LogP contribution < -0.4 is 0 Å². The summed E-state index contributed by atoms with van der Waals surface area (Å²) in [5.74, 6) is 0.902. The Hall–Kier alpha value is -0.520. The topological polar surface area (TPSA) is 0 Å². The molecule has 0 spiro atoms. The SMILES string of the molecule is C1=CC2CCCC(=C1)C2. The zero-order chi connectivity index (χ0) is 6.10. The zero-order valence-corrected chi connectivity index (χ0v) is 5.64. The minimum Gasteiger partial charge on any atom is -0.0811 e. The summed E-state index contributed by atoms with van der Waals surface area (Å²) < 4.78 is 0. The molecule has 9 heavy (non-hydrogen) atoms. The Morgan fingerprint density at radius 1 is 1.44 bits per heavy atom. The lowest BCUT2D eigenvalue weighted by Crippen LogP contribution is -2.07. The average Bonchev–Trinajstić information content (AvgIpc) is 1.88. The Morgan fingerprint density at radius 2 is 2.44 bits per heavy atom. The molecule has 0 aromatic heterocycles. The Kier molecular flexibility index (Phi) is 1.18. The van der Waals surface area contributed by atoms with Gasteiger partial charge in [0.25, 0.3) is 0 Å². The molecule has 1 unspecified atom stereocenters. The molecule has 0 saturated heterocycles. The van der Waals surface area contributed by atoms with Gasteiger partial charge in [-0.25, -0.2) is 0 Å². The summed E-state index contributed by atoms with van der Waals surface area (Å²) in [5.41, 5.74) is 1.67.